The van der Waals surface area contributed by atoms with E-state index in [-0.39, 0.29) is 0 Å². The van der Waals surface area contributed by atoms with Gasteiger partial charge < -0.3 is 20.4 Å². The Bertz CT molecular complexity index is 506. The Morgan fingerprint density at radius 1 is 1.29 bits per heavy atom. The van der Waals surface area contributed by atoms with E-state index >= 15 is 0 Å². The number of aliphatic hydroxyl groups is 1. The normalized spacial score (nSPS) is 12.3. The van der Waals surface area contributed by atoms with Crippen LogP contribution in [0.15, 0.2) is 36.5 Å². The minimum Gasteiger partial charge on any atom is -0.391 e. The van der Waals surface area contributed by atoms with Crippen LogP contribution in [0.2, 0.25) is 0 Å². The molecule has 0 saturated carbocycles. The van der Waals surface area contributed by atoms with E-state index in [2.05, 4.69) is 15.3 Å². The molecular formula is C12H15N3OS. The summed E-state index contributed by atoms with van der Waals surface area (Å²) in [5.41, 5.74) is 1.92. The van der Waals surface area contributed by atoms with E-state index in [0.717, 1.165) is 11.4 Å². The average Bonchev–Trinajstić information content (AvgIpc) is 2.73. The van der Waals surface area contributed by atoms with Crippen molar-refractivity contribution in [1.82, 2.24) is 9.97 Å². The molecule has 1 unspecified atom stereocenters. The maximum Gasteiger partial charge on any atom is 0.174 e. The van der Waals surface area contributed by atoms with Crippen LogP contribution in [-0.2, 0) is 6.42 Å². The van der Waals surface area contributed by atoms with Crippen molar-refractivity contribution in [1.29, 1.82) is 0 Å². The molecule has 5 heteroatoms. The molecular weight excluding hydrogens is 234 g/mol. The molecule has 0 aliphatic carbocycles. The zero-order valence-corrected chi connectivity index (χ0v) is 10.1. The van der Waals surface area contributed by atoms with Crippen LogP contribution < -0.4 is 5.32 Å². The summed E-state index contributed by atoms with van der Waals surface area (Å²) in [7, 11) is 0. The molecule has 1 heterocycles. The van der Waals surface area contributed by atoms with Gasteiger partial charge in [0.2, 0.25) is 0 Å². The Kier molecular flexibility index (Phi) is 3.95. The topological polar surface area (TPSA) is 63.8 Å². The molecule has 90 valence electrons. The summed E-state index contributed by atoms with van der Waals surface area (Å²) in [6.07, 6.45) is 1.89. The molecule has 0 aliphatic heterocycles. The molecule has 2 rings (SSSR count). The van der Waals surface area contributed by atoms with E-state index in [4.69, 9.17) is 12.2 Å². The molecule has 2 aromatic rings. The lowest BCUT2D eigenvalue weighted by Gasteiger charge is -2.11. The van der Waals surface area contributed by atoms with Gasteiger partial charge in [0, 0.05) is 30.5 Å². The lowest BCUT2D eigenvalue weighted by atomic mass is 10.2. The van der Waals surface area contributed by atoms with Gasteiger partial charge in [-0.25, -0.2) is 0 Å². The quantitative estimate of drug-likeness (QED) is 0.614. The van der Waals surface area contributed by atoms with Gasteiger partial charge in [0.1, 0.15) is 0 Å². The Labute approximate surface area is 105 Å². The molecule has 0 spiro atoms. The van der Waals surface area contributed by atoms with Crippen LogP contribution >= 0.6 is 12.2 Å². The van der Waals surface area contributed by atoms with Gasteiger partial charge in [-0.15, -0.1) is 0 Å². The summed E-state index contributed by atoms with van der Waals surface area (Å²) in [5.74, 6) is 0. The van der Waals surface area contributed by atoms with Crippen molar-refractivity contribution in [2.24, 2.45) is 0 Å². The zero-order chi connectivity index (χ0) is 12.1. The van der Waals surface area contributed by atoms with E-state index in [1.54, 1.807) is 6.20 Å². The molecule has 17 heavy (non-hydrogen) atoms. The first-order valence-corrected chi connectivity index (χ1v) is 5.88. The third kappa shape index (κ3) is 3.72. The van der Waals surface area contributed by atoms with Crippen LogP contribution in [0.25, 0.3) is 0 Å². The number of benzene rings is 1. The fourth-order valence-electron chi connectivity index (χ4n) is 1.60. The van der Waals surface area contributed by atoms with Crippen LogP contribution in [0.4, 0.5) is 5.69 Å². The minimum absolute atomic E-state index is 0.448. The number of H-pyrrole nitrogens is 2. The van der Waals surface area contributed by atoms with Crippen molar-refractivity contribution < 1.29 is 5.11 Å². The number of aromatic nitrogens is 2. The van der Waals surface area contributed by atoms with Crippen LogP contribution in [0.3, 0.4) is 0 Å². The molecule has 0 amide bonds. The van der Waals surface area contributed by atoms with E-state index in [1.165, 1.54) is 0 Å². The number of hydrogen-bond donors (Lipinski definition) is 4. The van der Waals surface area contributed by atoms with Crippen molar-refractivity contribution in [3.05, 3.63) is 47.0 Å². The molecule has 0 bridgehead atoms. The summed E-state index contributed by atoms with van der Waals surface area (Å²) in [6, 6.07) is 9.81. The summed E-state index contributed by atoms with van der Waals surface area (Å²) >= 11 is 4.92. The molecule has 1 atom stereocenters. The molecule has 0 radical (unpaired) electrons. The fourth-order valence-corrected chi connectivity index (χ4v) is 1.79. The Hall–Kier alpha value is -1.59. The second-order valence-corrected chi connectivity index (χ2v) is 4.28. The number of aromatic amines is 2. The van der Waals surface area contributed by atoms with Gasteiger partial charge in [0.25, 0.3) is 0 Å². The SMILES string of the molecule is OC(CNc1ccccc1)Cc1c[nH]c(=S)[nH]1. The minimum atomic E-state index is -0.448. The summed E-state index contributed by atoms with van der Waals surface area (Å²) in [4.78, 5) is 5.85. The first kappa shape index (κ1) is 11.9. The first-order chi connectivity index (χ1) is 8.24. The van der Waals surface area contributed by atoms with Gasteiger partial charge in [0.15, 0.2) is 4.77 Å². The number of anilines is 1. The van der Waals surface area contributed by atoms with E-state index in [1.807, 2.05) is 30.3 Å². The Balaban J connectivity index is 1.82. The van der Waals surface area contributed by atoms with Crippen molar-refractivity contribution >= 4 is 17.9 Å². The number of aliphatic hydroxyl groups excluding tert-OH is 1. The van der Waals surface area contributed by atoms with Gasteiger partial charge in [-0.2, -0.15) is 0 Å². The number of imidazole rings is 1. The molecule has 0 aliphatic rings. The van der Waals surface area contributed by atoms with Crippen LogP contribution in [0.1, 0.15) is 5.69 Å². The van der Waals surface area contributed by atoms with Crippen molar-refractivity contribution in [3.63, 3.8) is 0 Å². The number of rotatable bonds is 5. The second-order valence-electron chi connectivity index (χ2n) is 3.87. The molecule has 1 aromatic carbocycles. The maximum atomic E-state index is 9.84. The fraction of sp³-hybridized carbons (Fsp3) is 0.250. The highest BCUT2D eigenvalue weighted by molar-refractivity contribution is 7.71. The highest BCUT2D eigenvalue weighted by Crippen LogP contribution is 2.06. The largest absolute Gasteiger partial charge is 0.391 e. The average molecular weight is 249 g/mol. The highest BCUT2D eigenvalue weighted by Gasteiger charge is 2.06. The standard InChI is InChI=1S/C12H15N3OS/c16-11(6-10-7-14-12(17)15-10)8-13-9-4-2-1-3-5-9/h1-5,7,11,13,16H,6,8H2,(H2,14,15,17). The van der Waals surface area contributed by atoms with Crippen LogP contribution in [-0.4, -0.2) is 27.7 Å². The number of para-hydroxylation sites is 1. The third-order valence-corrected chi connectivity index (χ3v) is 2.64. The van der Waals surface area contributed by atoms with Crippen molar-refractivity contribution in [2.75, 3.05) is 11.9 Å². The van der Waals surface area contributed by atoms with Crippen molar-refractivity contribution in [2.45, 2.75) is 12.5 Å². The Morgan fingerprint density at radius 3 is 2.71 bits per heavy atom. The number of nitrogens with one attached hydrogen (secondary N) is 3. The summed E-state index contributed by atoms with van der Waals surface area (Å²) < 4.78 is 0.586. The third-order valence-electron chi connectivity index (χ3n) is 2.42. The van der Waals surface area contributed by atoms with E-state index in [9.17, 15) is 5.11 Å². The van der Waals surface area contributed by atoms with E-state index in [0.29, 0.717) is 17.7 Å². The van der Waals surface area contributed by atoms with Gasteiger partial charge in [-0.05, 0) is 24.4 Å². The zero-order valence-electron chi connectivity index (χ0n) is 9.31. The van der Waals surface area contributed by atoms with Crippen LogP contribution in [0, 0.1) is 4.77 Å². The number of hydrogen-bond acceptors (Lipinski definition) is 3. The lowest BCUT2D eigenvalue weighted by Crippen LogP contribution is -2.21. The summed E-state index contributed by atoms with van der Waals surface area (Å²) in [5, 5.41) is 13.0. The van der Waals surface area contributed by atoms with Gasteiger partial charge in [0.05, 0.1) is 6.10 Å². The van der Waals surface area contributed by atoms with Crippen molar-refractivity contribution in [3.8, 4) is 0 Å². The predicted molar refractivity (Wildman–Crippen MR) is 70.6 cm³/mol. The van der Waals surface area contributed by atoms with E-state index < -0.39 is 6.10 Å². The monoisotopic (exact) mass is 249 g/mol. The molecule has 4 N–H and O–H groups in total. The Morgan fingerprint density at radius 2 is 2.06 bits per heavy atom. The van der Waals surface area contributed by atoms with Crippen LogP contribution in [0.5, 0.6) is 0 Å². The first-order valence-electron chi connectivity index (χ1n) is 5.47. The highest BCUT2D eigenvalue weighted by atomic mass is 32.1. The van der Waals surface area contributed by atoms with Gasteiger partial charge in [-0.1, -0.05) is 18.2 Å². The molecule has 1 aromatic heterocycles. The smallest absolute Gasteiger partial charge is 0.174 e. The summed E-state index contributed by atoms with van der Waals surface area (Å²) in [6.45, 7) is 0.510. The lowest BCUT2D eigenvalue weighted by molar-refractivity contribution is 0.187. The molecule has 0 fully saturated rings. The van der Waals surface area contributed by atoms with Gasteiger partial charge >= 0.3 is 0 Å². The van der Waals surface area contributed by atoms with Gasteiger partial charge in [-0.3, -0.25) is 0 Å². The second kappa shape index (κ2) is 5.65. The maximum absolute atomic E-state index is 9.84. The molecule has 0 saturated heterocycles. The predicted octanol–water partition coefficient (Wildman–Crippen LogP) is 2.09. The molecule has 4 nitrogen and oxygen atoms in total.